The average molecular weight is 301 g/mol. The first-order valence-corrected chi connectivity index (χ1v) is 7.89. The van der Waals surface area contributed by atoms with Crippen LogP contribution in [0.4, 0.5) is 5.69 Å². The van der Waals surface area contributed by atoms with Gasteiger partial charge in [-0.2, -0.15) is 5.26 Å². The highest BCUT2D eigenvalue weighted by Crippen LogP contribution is 2.11. The summed E-state index contributed by atoms with van der Waals surface area (Å²) in [7, 11) is -3.63. The van der Waals surface area contributed by atoms with Crippen molar-refractivity contribution in [1.29, 1.82) is 5.26 Å². The van der Waals surface area contributed by atoms with E-state index in [1.54, 1.807) is 24.3 Å². The van der Waals surface area contributed by atoms with Crippen LogP contribution in [-0.2, 0) is 16.4 Å². The fraction of sp³-hybridized carbons (Fsp3) is 0.133. The number of sulfonamides is 1. The number of anilines is 1. The minimum absolute atomic E-state index is 0.117. The van der Waals surface area contributed by atoms with Crippen molar-refractivity contribution >= 4 is 15.7 Å². The van der Waals surface area contributed by atoms with Crippen molar-refractivity contribution in [1.82, 2.24) is 0 Å². The Morgan fingerprint density at radius 1 is 1.05 bits per heavy atom. The van der Waals surface area contributed by atoms with Crippen LogP contribution in [0.1, 0.15) is 11.1 Å². The van der Waals surface area contributed by atoms with E-state index in [2.05, 4.69) is 11.4 Å². The number of nitriles is 1. The molecule has 0 heterocycles. The minimum atomic E-state index is -3.63. The lowest BCUT2D eigenvalue weighted by Gasteiger charge is -2.07. The van der Waals surface area contributed by atoms with Crippen molar-refractivity contribution in [3.8, 4) is 6.07 Å². The molecule has 0 saturated carbocycles. The molecular formula is C15H15N3O2S. The molecule has 0 bridgehead atoms. The molecule has 0 atom stereocenters. The second kappa shape index (κ2) is 6.39. The zero-order valence-corrected chi connectivity index (χ0v) is 12.1. The maximum absolute atomic E-state index is 11.1. The third-order valence-electron chi connectivity index (χ3n) is 3.01. The molecule has 0 spiro atoms. The van der Waals surface area contributed by atoms with Crippen molar-refractivity contribution in [2.24, 2.45) is 5.14 Å². The molecule has 0 aliphatic heterocycles. The quantitative estimate of drug-likeness (QED) is 0.881. The zero-order chi connectivity index (χ0) is 15.3. The van der Waals surface area contributed by atoms with Gasteiger partial charge in [0.25, 0.3) is 0 Å². The molecule has 0 aliphatic carbocycles. The Labute approximate surface area is 124 Å². The van der Waals surface area contributed by atoms with Gasteiger partial charge >= 0.3 is 0 Å². The maximum Gasteiger partial charge on any atom is 0.238 e. The molecule has 108 valence electrons. The molecule has 6 heteroatoms. The maximum atomic E-state index is 11.1. The Kier molecular flexibility index (Phi) is 4.58. The highest BCUT2D eigenvalue weighted by molar-refractivity contribution is 7.89. The van der Waals surface area contributed by atoms with E-state index in [0.717, 1.165) is 17.7 Å². The number of nitrogens with two attached hydrogens (primary N) is 1. The number of hydrogen-bond donors (Lipinski definition) is 2. The predicted molar refractivity (Wildman–Crippen MR) is 81.2 cm³/mol. The van der Waals surface area contributed by atoms with Crippen LogP contribution < -0.4 is 10.5 Å². The third-order valence-corrected chi connectivity index (χ3v) is 3.94. The van der Waals surface area contributed by atoms with Crippen LogP contribution in [-0.4, -0.2) is 15.0 Å². The van der Waals surface area contributed by atoms with Crippen molar-refractivity contribution in [2.75, 3.05) is 11.9 Å². The highest BCUT2D eigenvalue weighted by Gasteiger charge is 2.06. The lowest BCUT2D eigenvalue weighted by molar-refractivity contribution is 0.598. The van der Waals surface area contributed by atoms with Crippen LogP contribution in [0.25, 0.3) is 0 Å². The molecule has 0 fully saturated rings. The first-order valence-electron chi connectivity index (χ1n) is 6.35. The molecule has 0 aliphatic rings. The molecule has 0 aromatic heterocycles. The molecule has 0 radical (unpaired) electrons. The molecule has 5 nitrogen and oxygen atoms in total. The number of benzene rings is 2. The van der Waals surface area contributed by atoms with E-state index >= 15 is 0 Å². The van der Waals surface area contributed by atoms with Gasteiger partial charge in [0.1, 0.15) is 0 Å². The zero-order valence-electron chi connectivity index (χ0n) is 11.3. The summed E-state index contributed by atoms with van der Waals surface area (Å²) in [4.78, 5) is 0.117. The summed E-state index contributed by atoms with van der Waals surface area (Å²) in [5, 5.41) is 17.0. The van der Waals surface area contributed by atoms with E-state index in [4.69, 9.17) is 10.4 Å². The number of rotatable bonds is 5. The summed E-state index contributed by atoms with van der Waals surface area (Å²) in [5.41, 5.74) is 2.58. The van der Waals surface area contributed by atoms with Crippen LogP contribution in [0.5, 0.6) is 0 Å². The Morgan fingerprint density at radius 2 is 1.67 bits per heavy atom. The molecular weight excluding hydrogens is 286 g/mol. The second-order valence-electron chi connectivity index (χ2n) is 4.55. The number of nitrogens with one attached hydrogen (secondary N) is 1. The van der Waals surface area contributed by atoms with Gasteiger partial charge in [0.2, 0.25) is 10.0 Å². The molecule has 0 saturated heterocycles. The fourth-order valence-corrected chi connectivity index (χ4v) is 2.38. The van der Waals surface area contributed by atoms with Crippen molar-refractivity contribution < 1.29 is 8.42 Å². The Balaban J connectivity index is 1.90. The van der Waals surface area contributed by atoms with Gasteiger partial charge < -0.3 is 5.32 Å². The van der Waals surface area contributed by atoms with Crippen LogP contribution >= 0.6 is 0 Å². The van der Waals surface area contributed by atoms with E-state index < -0.39 is 10.0 Å². The predicted octanol–water partition coefficient (Wildman–Crippen LogP) is 1.86. The molecule has 3 N–H and O–H groups in total. The summed E-state index contributed by atoms with van der Waals surface area (Å²) < 4.78 is 22.3. The summed E-state index contributed by atoms with van der Waals surface area (Å²) >= 11 is 0. The summed E-state index contributed by atoms with van der Waals surface area (Å²) in [6.45, 7) is 0.709. The van der Waals surface area contributed by atoms with Gasteiger partial charge in [0.05, 0.1) is 16.5 Å². The van der Waals surface area contributed by atoms with E-state index in [0.29, 0.717) is 12.1 Å². The van der Waals surface area contributed by atoms with Gasteiger partial charge in [-0.1, -0.05) is 12.1 Å². The van der Waals surface area contributed by atoms with Gasteiger partial charge in [-0.25, -0.2) is 13.6 Å². The second-order valence-corrected chi connectivity index (χ2v) is 6.12. The lowest BCUT2D eigenvalue weighted by atomic mass is 10.1. The molecule has 21 heavy (non-hydrogen) atoms. The molecule has 0 unspecified atom stereocenters. The first kappa shape index (κ1) is 15.0. The smallest absolute Gasteiger partial charge is 0.238 e. The molecule has 2 rings (SSSR count). The van der Waals surface area contributed by atoms with Gasteiger partial charge in [0, 0.05) is 12.2 Å². The van der Waals surface area contributed by atoms with Gasteiger partial charge in [0.15, 0.2) is 0 Å². The average Bonchev–Trinajstić information content (AvgIpc) is 2.47. The fourth-order valence-electron chi connectivity index (χ4n) is 1.86. The van der Waals surface area contributed by atoms with Crippen LogP contribution in [0, 0.1) is 11.3 Å². The van der Waals surface area contributed by atoms with Crippen molar-refractivity contribution in [3.63, 3.8) is 0 Å². The Bertz CT molecular complexity index is 745. The third kappa shape index (κ3) is 4.31. The monoisotopic (exact) mass is 301 g/mol. The number of hydrogen-bond acceptors (Lipinski definition) is 4. The topological polar surface area (TPSA) is 96.0 Å². The molecule has 0 amide bonds. The van der Waals surface area contributed by atoms with Crippen molar-refractivity contribution in [2.45, 2.75) is 11.3 Å². The minimum Gasteiger partial charge on any atom is -0.385 e. The van der Waals surface area contributed by atoms with E-state index in [1.165, 1.54) is 12.1 Å². The van der Waals surface area contributed by atoms with E-state index in [1.807, 2.05) is 12.1 Å². The first-order chi connectivity index (χ1) is 9.99. The standard InChI is InChI=1S/C15H15N3O2S/c16-11-13-1-5-14(6-2-13)18-10-9-12-3-7-15(8-4-12)21(17,19)20/h1-8,18H,9-10H2,(H2,17,19,20). The van der Waals surface area contributed by atoms with E-state index in [-0.39, 0.29) is 4.90 Å². The van der Waals surface area contributed by atoms with Gasteiger partial charge in [-0.05, 0) is 48.4 Å². The van der Waals surface area contributed by atoms with Gasteiger partial charge in [-0.15, -0.1) is 0 Å². The largest absolute Gasteiger partial charge is 0.385 e. The normalized spacial score (nSPS) is 10.9. The van der Waals surface area contributed by atoms with Crippen LogP contribution in [0.2, 0.25) is 0 Å². The van der Waals surface area contributed by atoms with Crippen LogP contribution in [0.15, 0.2) is 53.4 Å². The molecule has 2 aromatic carbocycles. The number of primary sulfonamides is 1. The summed E-state index contributed by atoms with van der Waals surface area (Å²) in [5.74, 6) is 0. The Morgan fingerprint density at radius 3 is 2.19 bits per heavy atom. The Hall–Kier alpha value is -2.36. The lowest BCUT2D eigenvalue weighted by Crippen LogP contribution is -2.12. The number of nitrogens with zero attached hydrogens (tertiary/aromatic N) is 1. The highest BCUT2D eigenvalue weighted by atomic mass is 32.2. The van der Waals surface area contributed by atoms with Gasteiger partial charge in [-0.3, -0.25) is 0 Å². The van der Waals surface area contributed by atoms with Crippen LogP contribution in [0.3, 0.4) is 0 Å². The summed E-state index contributed by atoms with van der Waals surface area (Å²) in [6, 6.07) is 15.8. The van der Waals surface area contributed by atoms with E-state index in [9.17, 15) is 8.42 Å². The SMILES string of the molecule is N#Cc1ccc(NCCc2ccc(S(N)(=O)=O)cc2)cc1. The summed E-state index contributed by atoms with van der Waals surface area (Å²) in [6.07, 6.45) is 0.755. The molecule has 2 aromatic rings. The van der Waals surface area contributed by atoms with Crippen molar-refractivity contribution in [3.05, 3.63) is 59.7 Å².